The number of alkyl halides is 3. The number of amides is 2. The third-order valence-corrected chi connectivity index (χ3v) is 4.93. The van der Waals surface area contributed by atoms with Gasteiger partial charge in [0.1, 0.15) is 5.75 Å². The lowest BCUT2D eigenvalue weighted by atomic mass is 10.1. The van der Waals surface area contributed by atoms with Crippen LogP contribution in [-0.4, -0.2) is 25.5 Å². The molecule has 0 bridgehead atoms. The summed E-state index contributed by atoms with van der Waals surface area (Å²) in [5, 5.41) is 7.84. The summed E-state index contributed by atoms with van der Waals surface area (Å²) in [6, 6.07) is 9.16. The lowest BCUT2D eigenvalue weighted by molar-refractivity contribution is -0.137. The van der Waals surface area contributed by atoms with Crippen molar-refractivity contribution in [1.82, 2.24) is 0 Å². The minimum Gasteiger partial charge on any atom is -0.495 e. The summed E-state index contributed by atoms with van der Waals surface area (Å²) in [6.07, 6.45) is -3.46. The fourth-order valence-electron chi connectivity index (χ4n) is 2.91. The Hall–Kier alpha value is -3.66. The molecule has 0 saturated carbocycles. The van der Waals surface area contributed by atoms with Gasteiger partial charge in [0.2, 0.25) is 5.91 Å². The van der Waals surface area contributed by atoms with E-state index in [0.717, 1.165) is 12.1 Å². The summed E-state index contributed by atoms with van der Waals surface area (Å²) in [5.74, 6) is -1.03. The first-order chi connectivity index (χ1) is 15.6. The van der Waals surface area contributed by atoms with Gasteiger partial charge in [0.05, 0.1) is 31.2 Å². The van der Waals surface area contributed by atoms with Gasteiger partial charge in [-0.2, -0.15) is 13.2 Å². The molecule has 0 atom stereocenters. The van der Waals surface area contributed by atoms with Gasteiger partial charge in [-0.1, -0.05) is 11.6 Å². The van der Waals surface area contributed by atoms with Crippen molar-refractivity contribution >= 4 is 40.5 Å². The van der Waals surface area contributed by atoms with Gasteiger partial charge in [0, 0.05) is 22.5 Å². The van der Waals surface area contributed by atoms with Crippen LogP contribution >= 0.6 is 11.6 Å². The molecule has 0 spiro atoms. The molecule has 3 N–H and O–H groups in total. The number of hydrogen-bond acceptors (Lipinski definition) is 5. The Kier molecular flexibility index (Phi) is 7.17. The van der Waals surface area contributed by atoms with Gasteiger partial charge in [0.25, 0.3) is 5.91 Å². The number of ether oxygens (including phenoxy) is 1. The number of methoxy groups -OCH3 is 1. The van der Waals surface area contributed by atoms with Crippen LogP contribution in [0.15, 0.2) is 53.1 Å². The number of benzene rings is 2. The molecule has 0 aliphatic rings. The molecule has 0 aliphatic heterocycles. The monoisotopic (exact) mass is 481 g/mol. The number of halogens is 4. The number of carbonyl (C=O) groups is 2. The van der Waals surface area contributed by atoms with Gasteiger partial charge in [-0.05, 0) is 48.9 Å². The van der Waals surface area contributed by atoms with Gasteiger partial charge >= 0.3 is 6.18 Å². The van der Waals surface area contributed by atoms with E-state index in [1.54, 1.807) is 13.0 Å². The van der Waals surface area contributed by atoms with E-state index in [2.05, 4.69) is 16.0 Å². The fourth-order valence-corrected chi connectivity index (χ4v) is 3.06. The molecule has 0 aliphatic carbocycles. The number of rotatable bonds is 7. The largest absolute Gasteiger partial charge is 0.495 e. The molecule has 33 heavy (non-hydrogen) atoms. The second-order valence-corrected chi connectivity index (χ2v) is 7.30. The van der Waals surface area contributed by atoms with E-state index in [9.17, 15) is 22.8 Å². The summed E-state index contributed by atoms with van der Waals surface area (Å²) in [7, 11) is 1.40. The van der Waals surface area contributed by atoms with Crippen LogP contribution in [0.1, 0.15) is 21.7 Å². The highest BCUT2D eigenvalue weighted by molar-refractivity contribution is 6.31. The molecule has 3 aromatic rings. The average molecular weight is 482 g/mol. The summed E-state index contributed by atoms with van der Waals surface area (Å²) in [5.41, 5.74) is -0.439. The third-order valence-electron chi connectivity index (χ3n) is 4.52. The molecule has 7 nitrogen and oxygen atoms in total. The zero-order chi connectivity index (χ0) is 24.2. The van der Waals surface area contributed by atoms with E-state index >= 15 is 0 Å². The molecule has 11 heteroatoms. The first-order valence-electron chi connectivity index (χ1n) is 9.52. The molecule has 3 rings (SSSR count). The van der Waals surface area contributed by atoms with Crippen LogP contribution in [0.2, 0.25) is 5.02 Å². The maximum atomic E-state index is 13.6. The van der Waals surface area contributed by atoms with Crippen LogP contribution < -0.4 is 20.7 Å². The number of hydrogen-bond donors (Lipinski definition) is 3. The second kappa shape index (κ2) is 9.86. The van der Waals surface area contributed by atoms with Crippen molar-refractivity contribution in [3.05, 3.63) is 70.6 Å². The molecule has 0 unspecified atom stereocenters. The Bertz CT molecular complexity index is 1160. The van der Waals surface area contributed by atoms with Gasteiger partial charge in [0.15, 0.2) is 5.76 Å². The Balaban J connectivity index is 1.73. The van der Waals surface area contributed by atoms with Crippen molar-refractivity contribution in [1.29, 1.82) is 0 Å². The fraction of sp³-hybridized carbons (Fsp3) is 0.182. The summed E-state index contributed by atoms with van der Waals surface area (Å²) in [6.45, 7) is 1.28. The molecule has 2 amide bonds. The molecule has 1 heterocycles. The Morgan fingerprint density at radius 2 is 1.85 bits per heavy atom. The Labute approximate surface area is 191 Å². The van der Waals surface area contributed by atoms with Crippen molar-refractivity contribution in [2.75, 3.05) is 29.6 Å². The molecule has 0 fully saturated rings. The molecular weight excluding hydrogens is 463 g/mol. The number of anilines is 3. The first kappa shape index (κ1) is 24.0. The molecule has 2 aromatic carbocycles. The summed E-state index contributed by atoms with van der Waals surface area (Å²) < 4.78 is 50.9. The number of aryl methyl sites for hydroxylation is 1. The standard InChI is InChI=1S/C22H19ClF3N3O4/c1-12-8-17(19(32-2)10-15(12)23)29-20(30)11-27-16-6-5-13(9-14(16)22(24,25)26)28-21(31)18-4-3-7-33-18/h3-10,27H,11H2,1-2H3,(H,28,31)(H,29,30). The average Bonchev–Trinajstić information content (AvgIpc) is 3.29. The zero-order valence-corrected chi connectivity index (χ0v) is 18.2. The quantitative estimate of drug-likeness (QED) is 0.410. The first-order valence-corrected chi connectivity index (χ1v) is 9.90. The van der Waals surface area contributed by atoms with Crippen LogP contribution in [0.25, 0.3) is 0 Å². The molecule has 1 aromatic heterocycles. The van der Waals surface area contributed by atoms with Crippen LogP contribution in [-0.2, 0) is 11.0 Å². The van der Waals surface area contributed by atoms with Crippen molar-refractivity contribution in [2.24, 2.45) is 0 Å². The van der Waals surface area contributed by atoms with Crippen molar-refractivity contribution in [2.45, 2.75) is 13.1 Å². The summed E-state index contributed by atoms with van der Waals surface area (Å²) in [4.78, 5) is 24.4. The Morgan fingerprint density at radius 1 is 1.09 bits per heavy atom. The summed E-state index contributed by atoms with van der Waals surface area (Å²) >= 11 is 6.03. The topological polar surface area (TPSA) is 92.6 Å². The molecule has 0 radical (unpaired) electrons. The smallest absolute Gasteiger partial charge is 0.418 e. The minimum absolute atomic E-state index is 0.0460. The zero-order valence-electron chi connectivity index (χ0n) is 17.5. The normalized spacial score (nSPS) is 11.1. The lowest BCUT2D eigenvalue weighted by Gasteiger charge is -2.17. The van der Waals surface area contributed by atoms with Crippen LogP contribution in [0.3, 0.4) is 0 Å². The van der Waals surface area contributed by atoms with Crippen LogP contribution in [0, 0.1) is 6.92 Å². The predicted molar refractivity (Wildman–Crippen MR) is 118 cm³/mol. The second-order valence-electron chi connectivity index (χ2n) is 6.89. The predicted octanol–water partition coefficient (Wildman–Crippen LogP) is 5.57. The van der Waals surface area contributed by atoms with Gasteiger partial charge in [-0.25, -0.2) is 0 Å². The van der Waals surface area contributed by atoms with Crippen molar-refractivity contribution in [3.8, 4) is 5.75 Å². The van der Waals surface area contributed by atoms with E-state index < -0.39 is 30.1 Å². The highest BCUT2D eigenvalue weighted by Gasteiger charge is 2.34. The van der Waals surface area contributed by atoms with E-state index in [-0.39, 0.29) is 17.1 Å². The minimum atomic E-state index is -4.74. The van der Waals surface area contributed by atoms with E-state index in [4.69, 9.17) is 20.8 Å². The SMILES string of the molecule is COc1cc(Cl)c(C)cc1NC(=O)CNc1ccc(NC(=O)c2ccco2)cc1C(F)(F)F. The van der Waals surface area contributed by atoms with E-state index in [0.29, 0.717) is 22.0 Å². The Morgan fingerprint density at radius 3 is 2.48 bits per heavy atom. The maximum absolute atomic E-state index is 13.6. The highest BCUT2D eigenvalue weighted by Crippen LogP contribution is 2.37. The maximum Gasteiger partial charge on any atom is 0.418 e. The highest BCUT2D eigenvalue weighted by atomic mass is 35.5. The third kappa shape index (κ3) is 5.98. The number of carbonyl (C=O) groups excluding carboxylic acids is 2. The van der Waals surface area contributed by atoms with Crippen molar-refractivity contribution in [3.63, 3.8) is 0 Å². The lowest BCUT2D eigenvalue weighted by Crippen LogP contribution is -2.23. The van der Waals surface area contributed by atoms with Gasteiger partial charge in [-0.15, -0.1) is 0 Å². The van der Waals surface area contributed by atoms with E-state index in [1.807, 2.05) is 0 Å². The number of furan rings is 1. The van der Waals surface area contributed by atoms with E-state index in [1.165, 1.54) is 37.6 Å². The molecular formula is C22H19ClF3N3O4. The van der Waals surface area contributed by atoms with Gasteiger partial charge < -0.3 is 25.1 Å². The molecule has 174 valence electrons. The van der Waals surface area contributed by atoms with Crippen molar-refractivity contribution < 1.29 is 31.9 Å². The van der Waals surface area contributed by atoms with Crippen LogP contribution in [0.5, 0.6) is 5.75 Å². The van der Waals surface area contributed by atoms with Gasteiger partial charge in [-0.3, -0.25) is 9.59 Å². The number of nitrogens with one attached hydrogen (secondary N) is 3. The van der Waals surface area contributed by atoms with Crippen LogP contribution in [0.4, 0.5) is 30.2 Å². The molecule has 0 saturated heterocycles.